The molecule has 0 aliphatic rings. The second kappa shape index (κ2) is 9.26. The van der Waals surface area contributed by atoms with Gasteiger partial charge < -0.3 is 0 Å². The standard InChI is InChI=1S/Hf.HO2P.Zr/c;1-3-2;/h;(H,1,2);/q+1;;/p-1. The zero-order valence-electron chi connectivity index (χ0n) is 2.26. The van der Waals surface area contributed by atoms with Gasteiger partial charge in [0, 0.05) is 26.2 Å². The van der Waals surface area contributed by atoms with Crippen molar-refractivity contribution in [1.82, 2.24) is 0 Å². The van der Waals surface area contributed by atoms with Crippen molar-refractivity contribution >= 4 is 8.69 Å². The summed E-state index contributed by atoms with van der Waals surface area (Å²) in [6.45, 7) is 0. The van der Waals surface area contributed by atoms with Crippen LogP contribution in [0, 0.1) is 0 Å². The summed E-state index contributed by atoms with van der Waals surface area (Å²) in [6.07, 6.45) is 0. The van der Waals surface area contributed by atoms with Crippen molar-refractivity contribution in [2.45, 2.75) is 0 Å². The topological polar surface area (TPSA) is 26.3 Å². The first-order valence-corrected chi connectivity index (χ1v) is 2.77. The van der Waals surface area contributed by atoms with Crippen LogP contribution in [0.2, 0.25) is 0 Å². The van der Waals surface area contributed by atoms with E-state index >= 15 is 0 Å². The Bertz CT molecular complexity index is 23.6. The third-order valence-corrected chi connectivity index (χ3v) is 0.915. The van der Waals surface area contributed by atoms with Gasteiger partial charge in [-0.25, -0.2) is 0 Å². The van der Waals surface area contributed by atoms with Gasteiger partial charge in [0.15, 0.2) is 0 Å². The summed E-state index contributed by atoms with van der Waals surface area (Å²) in [5, 5.41) is 0. The summed E-state index contributed by atoms with van der Waals surface area (Å²) in [5.74, 6) is 0. The van der Waals surface area contributed by atoms with Crippen molar-refractivity contribution in [1.29, 1.82) is 0 Å². The third kappa shape index (κ3) is 10.7. The van der Waals surface area contributed by atoms with E-state index in [4.69, 9.17) is 4.57 Å². The molecule has 0 heterocycles. The fourth-order valence-corrected chi connectivity index (χ4v) is 0. The molecule has 0 aromatic carbocycles. The molecule has 0 rings (SSSR count). The van der Waals surface area contributed by atoms with E-state index in [0.29, 0.717) is 24.8 Å². The summed E-state index contributed by atoms with van der Waals surface area (Å²) in [7, 11) is -0.190. The van der Waals surface area contributed by atoms with Crippen molar-refractivity contribution in [3.63, 3.8) is 0 Å². The van der Waals surface area contributed by atoms with Gasteiger partial charge in [0.25, 0.3) is 0 Å². The molecule has 2 nitrogen and oxygen atoms in total. The van der Waals surface area contributed by atoms with Crippen LogP contribution in [-0.4, -0.2) is 0 Å². The summed E-state index contributed by atoms with van der Waals surface area (Å²) in [6, 6.07) is 0. The van der Waals surface area contributed by atoms with Gasteiger partial charge in [0.05, 0.1) is 0 Å². The minimum Gasteiger partial charge on any atom is 0 e. The van der Waals surface area contributed by atoms with E-state index < -0.39 is 0 Å². The molecule has 0 radical (unpaired) electrons. The molecule has 0 bridgehead atoms. The largest absolute Gasteiger partial charge is 0 e. The maximum Gasteiger partial charge on any atom is 0 e. The van der Waals surface area contributed by atoms with E-state index in [1.807, 2.05) is 0 Å². The minimum atomic E-state index is -0.190. The van der Waals surface area contributed by atoms with Crippen molar-refractivity contribution in [2.24, 2.45) is 0 Å². The predicted molar refractivity (Wildman–Crippen MR) is 8.69 cm³/mol. The van der Waals surface area contributed by atoms with Gasteiger partial charge in [-0.3, -0.25) is 0 Å². The zero-order valence-corrected chi connectivity index (χ0v) is 9.21. The van der Waals surface area contributed by atoms with Crippen molar-refractivity contribution < 1.29 is 58.2 Å². The molecule has 0 N–H and O–H groups in total. The maximum absolute atomic E-state index is 9.08. The summed E-state index contributed by atoms with van der Waals surface area (Å²) < 4.78 is 13.2. The molecule has 0 aliphatic heterocycles. The summed E-state index contributed by atoms with van der Waals surface area (Å²) in [5.41, 5.74) is 0. The predicted octanol–water partition coefficient (Wildman–Crippen LogP) is 0.669. The van der Waals surface area contributed by atoms with Crippen LogP contribution >= 0.6 is 8.69 Å². The van der Waals surface area contributed by atoms with Gasteiger partial charge in [-0.2, -0.15) is 0 Å². The van der Waals surface area contributed by atoms with Crippen LogP contribution in [0.15, 0.2) is 0 Å². The first kappa shape index (κ1) is 9.94. The first-order chi connectivity index (χ1) is 1.91. The van der Waals surface area contributed by atoms with Crippen molar-refractivity contribution in [3.8, 4) is 0 Å². The Morgan fingerprint density at radius 2 is 2.00 bits per heavy atom. The van der Waals surface area contributed by atoms with Crippen LogP contribution in [0.3, 0.4) is 0 Å². The molecule has 0 atom stereocenters. The van der Waals surface area contributed by atoms with Crippen LogP contribution in [0.1, 0.15) is 0 Å². The molecular weight excluding hydrogens is 333 g/mol. The second-order valence-corrected chi connectivity index (χ2v) is 2.47. The molecular formula is HfO2PZr. The van der Waals surface area contributed by atoms with E-state index in [2.05, 4.69) is 2.64 Å². The maximum atomic E-state index is 9.08. The van der Waals surface area contributed by atoms with Crippen LogP contribution in [-0.2, 0) is 58.2 Å². The second-order valence-electron chi connectivity index (χ2n) is 0.166. The number of hydrogen-bond donors (Lipinski definition) is 0. The Hall–Kier alpha value is 1.81. The molecule has 5 heavy (non-hydrogen) atoms. The van der Waals surface area contributed by atoms with E-state index in [9.17, 15) is 0 Å². The Labute approximate surface area is 66.2 Å². The normalized spacial score (nSPS) is 6.20. The molecule has 25 valence electrons. The Balaban J connectivity index is 0. The zero-order chi connectivity index (χ0) is 3.41. The molecule has 0 aliphatic carbocycles. The average Bonchev–Trinajstić information content (AvgIpc) is 1.37. The molecule has 0 saturated carbocycles. The van der Waals surface area contributed by atoms with Gasteiger partial charge in [-0.1, -0.05) is 0 Å². The van der Waals surface area contributed by atoms with Crippen molar-refractivity contribution in [3.05, 3.63) is 0 Å². The van der Waals surface area contributed by atoms with Gasteiger partial charge >= 0.3 is 40.7 Å². The number of rotatable bonds is 1. The molecule has 0 saturated heterocycles. The van der Waals surface area contributed by atoms with Gasteiger partial charge in [-0.15, -0.1) is 0 Å². The van der Waals surface area contributed by atoms with Gasteiger partial charge in [0.2, 0.25) is 0 Å². The van der Waals surface area contributed by atoms with Crippen LogP contribution in [0.25, 0.3) is 0 Å². The van der Waals surface area contributed by atoms with Crippen LogP contribution in [0.5, 0.6) is 0 Å². The quantitative estimate of drug-likeness (QED) is 0.521. The van der Waals surface area contributed by atoms with Crippen LogP contribution < -0.4 is 0 Å². The first-order valence-electron chi connectivity index (χ1n) is 0.569. The summed E-state index contributed by atoms with van der Waals surface area (Å²) in [4.78, 5) is 0. The van der Waals surface area contributed by atoms with E-state index in [0.717, 1.165) is 0 Å². The van der Waals surface area contributed by atoms with E-state index in [1.165, 1.54) is 0 Å². The Morgan fingerprint density at radius 1 is 1.80 bits per heavy atom. The Morgan fingerprint density at radius 3 is 2.00 bits per heavy atom. The fraction of sp³-hybridized carbons (Fsp3) is 0. The van der Waals surface area contributed by atoms with E-state index in [1.54, 1.807) is 0 Å². The minimum absolute atomic E-state index is 0. The molecule has 0 aromatic rings. The smallest absolute Gasteiger partial charge is 0 e. The van der Waals surface area contributed by atoms with Crippen molar-refractivity contribution in [2.75, 3.05) is 0 Å². The number of hydrogen-bond acceptors (Lipinski definition) is 2. The monoisotopic (exact) mass is 333 g/mol. The molecule has 5 heteroatoms. The molecule has 0 amide bonds. The van der Waals surface area contributed by atoms with Crippen LogP contribution in [0.4, 0.5) is 0 Å². The fourth-order valence-electron chi connectivity index (χ4n) is 0. The summed E-state index contributed by atoms with van der Waals surface area (Å²) >= 11 is 0.565. The SMILES string of the molecule is O=P[O][Hf].[Zr]. The molecule has 0 spiro atoms. The third-order valence-electron chi connectivity index (χ3n) is 0.0373. The van der Waals surface area contributed by atoms with Gasteiger partial charge in [-0.05, 0) is 0 Å². The molecule has 0 unspecified atom stereocenters. The molecule has 0 fully saturated rings. The average molecular weight is 333 g/mol. The van der Waals surface area contributed by atoms with E-state index in [-0.39, 0.29) is 34.9 Å². The Kier molecular flexibility index (Phi) is 18.4. The van der Waals surface area contributed by atoms with Gasteiger partial charge in [0.1, 0.15) is 0 Å². The molecule has 0 aromatic heterocycles.